The minimum atomic E-state index is -1.33. The van der Waals surface area contributed by atoms with E-state index < -0.39 is 5.60 Å². The van der Waals surface area contributed by atoms with Crippen molar-refractivity contribution in [3.05, 3.63) is 59.4 Å². The zero-order chi connectivity index (χ0) is 18.9. The summed E-state index contributed by atoms with van der Waals surface area (Å²) < 4.78 is 2.12. The van der Waals surface area contributed by atoms with Crippen LogP contribution in [-0.2, 0) is 12.1 Å². The largest absolute Gasteiger partial charge is 0.393 e. The lowest BCUT2D eigenvalue weighted by Gasteiger charge is -2.20. The molecule has 136 valence electrons. The van der Waals surface area contributed by atoms with Crippen LogP contribution in [0.4, 0.5) is 5.82 Å². The number of aliphatic hydroxyl groups is 2. The van der Waals surface area contributed by atoms with Gasteiger partial charge in [0.25, 0.3) is 5.91 Å². The molecule has 0 radical (unpaired) electrons. The van der Waals surface area contributed by atoms with Gasteiger partial charge in [-0.3, -0.25) is 4.79 Å². The molecule has 0 fully saturated rings. The molecule has 3 aromatic rings. The number of nitrogens with zero attached hydrogens (tertiary/aromatic N) is 2. The molecule has 0 saturated carbocycles. The molecule has 0 unspecified atom stereocenters. The molecule has 0 saturated heterocycles. The first-order chi connectivity index (χ1) is 12.4. The average Bonchev–Trinajstić information content (AvgIpc) is 2.97. The first kappa shape index (κ1) is 18.1. The number of anilines is 1. The highest BCUT2D eigenvalue weighted by molar-refractivity contribution is 6.04. The van der Waals surface area contributed by atoms with E-state index in [0.29, 0.717) is 16.9 Å². The number of carbonyl (C=O) groups is 1. The van der Waals surface area contributed by atoms with Crippen molar-refractivity contribution in [3.8, 4) is 0 Å². The highest BCUT2D eigenvalue weighted by atomic mass is 16.3. The normalized spacial score (nSPS) is 13.6. The number of aliphatic hydroxyl groups excluding tert-OH is 1. The quantitative estimate of drug-likeness (QED) is 0.658. The summed E-state index contributed by atoms with van der Waals surface area (Å²) in [5.74, 6) is 0.208. The first-order valence-electron chi connectivity index (χ1n) is 8.56. The van der Waals surface area contributed by atoms with E-state index in [9.17, 15) is 15.0 Å². The molecular weight excluding hydrogens is 330 g/mol. The zero-order valence-corrected chi connectivity index (χ0v) is 15.2. The van der Waals surface area contributed by atoms with E-state index in [-0.39, 0.29) is 12.5 Å². The fourth-order valence-corrected chi connectivity index (χ4v) is 2.95. The number of rotatable bonds is 5. The second-order valence-corrected chi connectivity index (χ2v) is 6.65. The van der Waals surface area contributed by atoms with Gasteiger partial charge >= 0.3 is 0 Å². The predicted molar refractivity (Wildman–Crippen MR) is 101 cm³/mol. The standard InChI is InChI=1S/C20H23N3O3/c1-4-23-11-13(2)16-10-21-18(9-17(16)23)22-19(25)14-5-7-15(8-6-14)20(3,26)12-24/h5-11,24,26H,4,12H2,1-3H3,(H,21,22,25)/t20-/m0/s1. The third kappa shape index (κ3) is 3.34. The Labute approximate surface area is 152 Å². The van der Waals surface area contributed by atoms with E-state index in [1.54, 1.807) is 30.5 Å². The Morgan fingerprint density at radius 1 is 1.31 bits per heavy atom. The maximum absolute atomic E-state index is 12.5. The van der Waals surface area contributed by atoms with Gasteiger partial charge in [-0.15, -0.1) is 0 Å². The first-order valence-corrected chi connectivity index (χ1v) is 8.56. The number of amides is 1. The van der Waals surface area contributed by atoms with Gasteiger partial charge in [0.2, 0.25) is 0 Å². The Balaban J connectivity index is 1.82. The summed E-state index contributed by atoms with van der Waals surface area (Å²) in [4.78, 5) is 16.8. The molecule has 0 bridgehead atoms. The highest BCUT2D eigenvalue weighted by Gasteiger charge is 2.22. The van der Waals surface area contributed by atoms with Crippen LogP contribution in [0.5, 0.6) is 0 Å². The van der Waals surface area contributed by atoms with Crippen molar-refractivity contribution in [1.82, 2.24) is 9.55 Å². The molecule has 1 amide bonds. The smallest absolute Gasteiger partial charge is 0.256 e. The highest BCUT2D eigenvalue weighted by Crippen LogP contribution is 2.23. The molecule has 0 aliphatic rings. The second kappa shape index (κ2) is 6.90. The molecule has 1 atom stereocenters. The summed E-state index contributed by atoms with van der Waals surface area (Å²) in [5, 5.41) is 23.1. The Morgan fingerprint density at radius 3 is 2.62 bits per heavy atom. The third-order valence-electron chi connectivity index (χ3n) is 4.63. The van der Waals surface area contributed by atoms with E-state index in [0.717, 1.165) is 23.0 Å². The Bertz CT molecular complexity index is 943. The molecule has 6 heteroatoms. The van der Waals surface area contributed by atoms with Crippen LogP contribution in [0, 0.1) is 6.92 Å². The fraction of sp³-hybridized carbons (Fsp3) is 0.300. The number of fused-ring (bicyclic) bond motifs is 1. The number of pyridine rings is 1. The fourth-order valence-electron chi connectivity index (χ4n) is 2.95. The summed E-state index contributed by atoms with van der Waals surface area (Å²) in [6, 6.07) is 8.37. The number of aromatic nitrogens is 2. The van der Waals surface area contributed by atoms with Crippen LogP contribution in [0.15, 0.2) is 42.7 Å². The van der Waals surface area contributed by atoms with Crippen molar-refractivity contribution >= 4 is 22.6 Å². The topological polar surface area (TPSA) is 87.4 Å². The third-order valence-corrected chi connectivity index (χ3v) is 4.63. The van der Waals surface area contributed by atoms with Gasteiger partial charge in [0.15, 0.2) is 0 Å². The van der Waals surface area contributed by atoms with Crippen LogP contribution in [-0.4, -0.2) is 32.3 Å². The van der Waals surface area contributed by atoms with E-state index >= 15 is 0 Å². The average molecular weight is 353 g/mol. The van der Waals surface area contributed by atoms with Gasteiger partial charge < -0.3 is 20.1 Å². The van der Waals surface area contributed by atoms with Gasteiger partial charge in [0.1, 0.15) is 11.4 Å². The lowest BCUT2D eigenvalue weighted by Crippen LogP contribution is -2.25. The monoisotopic (exact) mass is 353 g/mol. The van der Waals surface area contributed by atoms with E-state index in [4.69, 9.17) is 0 Å². The number of benzene rings is 1. The molecule has 0 aliphatic heterocycles. The van der Waals surface area contributed by atoms with Crippen molar-refractivity contribution in [2.24, 2.45) is 0 Å². The Hall–Kier alpha value is -2.70. The SMILES string of the molecule is CCn1cc(C)c2cnc(NC(=O)c3ccc([C@@](C)(O)CO)cc3)cc21. The van der Waals surface area contributed by atoms with Gasteiger partial charge in [0.05, 0.1) is 12.1 Å². The van der Waals surface area contributed by atoms with Crippen molar-refractivity contribution in [2.75, 3.05) is 11.9 Å². The van der Waals surface area contributed by atoms with Crippen molar-refractivity contribution < 1.29 is 15.0 Å². The Kier molecular flexibility index (Phi) is 4.80. The summed E-state index contributed by atoms with van der Waals surface area (Å²) in [6.07, 6.45) is 3.84. The molecule has 2 aromatic heterocycles. The minimum Gasteiger partial charge on any atom is -0.393 e. The lowest BCUT2D eigenvalue weighted by molar-refractivity contribution is -0.00229. The van der Waals surface area contributed by atoms with Gasteiger partial charge in [-0.25, -0.2) is 4.98 Å². The van der Waals surface area contributed by atoms with E-state index in [1.807, 2.05) is 13.0 Å². The molecule has 26 heavy (non-hydrogen) atoms. The van der Waals surface area contributed by atoms with Gasteiger partial charge in [-0.05, 0) is 44.0 Å². The van der Waals surface area contributed by atoms with Gasteiger partial charge in [-0.1, -0.05) is 12.1 Å². The molecule has 1 aromatic carbocycles. The Morgan fingerprint density at radius 2 is 2.00 bits per heavy atom. The number of aryl methyl sites for hydroxylation is 2. The minimum absolute atomic E-state index is 0.279. The van der Waals surface area contributed by atoms with Gasteiger partial charge in [0, 0.05) is 36.0 Å². The van der Waals surface area contributed by atoms with Crippen LogP contribution >= 0.6 is 0 Å². The van der Waals surface area contributed by atoms with Crippen molar-refractivity contribution in [2.45, 2.75) is 32.9 Å². The predicted octanol–water partition coefficient (Wildman–Crippen LogP) is 2.82. The van der Waals surface area contributed by atoms with Gasteiger partial charge in [-0.2, -0.15) is 0 Å². The molecule has 0 aliphatic carbocycles. The van der Waals surface area contributed by atoms with Crippen LogP contribution in [0.3, 0.4) is 0 Å². The van der Waals surface area contributed by atoms with Crippen LogP contribution in [0.2, 0.25) is 0 Å². The summed E-state index contributed by atoms with van der Waals surface area (Å²) in [5.41, 5.74) is 1.85. The zero-order valence-electron chi connectivity index (χ0n) is 15.2. The van der Waals surface area contributed by atoms with Crippen LogP contribution in [0.1, 0.15) is 35.3 Å². The van der Waals surface area contributed by atoms with Crippen molar-refractivity contribution in [1.29, 1.82) is 0 Å². The number of hydrogen-bond donors (Lipinski definition) is 3. The number of nitrogens with one attached hydrogen (secondary N) is 1. The summed E-state index contributed by atoms with van der Waals surface area (Å²) in [6.45, 7) is 6.08. The molecule has 3 rings (SSSR count). The van der Waals surface area contributed by atoms with E-state index in [2.05, 4.69) is 28.0 Å². The maximum Gasteiger partial charge on any atom is 0.256 e. The van der Waals surface area contributed by atoms with Crippen LogP contribution in [0.25, 0.3) is 10.9 Å². The summed E-state index contributed by atoms with van der Waals surface area (Å²) in [7, 11) is 0. The maximum atomic E-state index is 12.5. The number of hydrogen-bond acceptors (Lipinski definition) is 4. The van der Waals surface area contributed by atoms with E-state index in [1.165, 1.54) is 6.92 Å². The molecular formula is C20H23N3O3. The molecule has 0 spiro atoms. The molecule has 2 heterocycles. The lowest BCUT2D eigenvalue weighted by atomic mass is 9.96. The molecule has 3 N–H and O–H groups in total. The summed E-state index contributed by atoms with van der Waals surface area (Å²) >= 11 is 0. The van der Waals surface area contributed by atoms with Crippen molar-refractivity contribution in [3.63, 3.8) is 0 Å². The number of carbonyl (C=O) groups excluding carboxylic acids is 1. The van der Waals surface area contributed by atoms with Crippen LogP contribution < -0.4 is 5.32 Å². The second-order valence-electron chi connectivity index (χ2n) is 6.65. The molecule has 6 nitrogen and oxygen atoms in total.